The summed E-state index contributed by atoms with van der Waals surface area (Å²) in [6.45, 7) is 3.74. The minimum absolute atomic E-state index is 0.00517. The number of amides is 2. The molecule has 168 valence electrons. The monoisotopic (exact) mass is 433 g/mol. The second kappa shape index (κ2) is 11.9. The van der Waals surface area contributed by atoms with Gasteiger partial charge in [0, 0.05) is 49.2 Å². The topological polar surface area (TPSA) is 79.4 Å². The first-order chi connectivity index (χ1) is 15.5. The molecule has 6 nitrogen and oxygen atoms in total. The second-order valence-electron chi connectivity index (χ2n) is 8.28. The van der Waals surface area contributed by atoms with E-state index in [0.717, 1.165) is 50.8 Å². The third-order valence-electron chi connectivity index (χ3n) is 5.89. The number of Topliss-reactive ketones (excluding diaryl/α,β-unsaturated/α-hetero) is 1. The number of benzene rings is 1. The van der Waals surface area contributed by atoms with Crippen molar-refractivity contribution in [3.05, 3.63) is 71.6 Å². The van der Waals surface area contributed by atoms with E-state index >= 15 is 0 Å². The van der Waals surface area contributed by atoms with Crippen molar-refractivity contribution in [3.63, 3.8) is 0 Å². The van der Waals surface area contributed by atoms with Crippen LogP contribution in [0.15, 0.2) is 54.9 Å². The third kappa shape index (κ3) is 7.15. The van der Waals surface area contributed by atoms with E-state index in [1.54, 1.807) is 42.7 Å². The molecule has 0 saturated carbocycles. The van der Waals surface area contributed by atoms with Crippen LogP contribution in [-0.4, -0.2) is 47.1 Å². The molecular formula is C26H31N3O3. The fourth-order valence-corrected chi connectivity index (χ4v) is 3.93. The molecule has 0 aliphatic carbocycles. The molecule has 2 heterocycles. The Morgan fingerprint density at radius 3 is 2.44 bits per heavy atom. The maximum Gasteiger partial charge on any atom is 0.253 e. The Morgan fingerprint density at radius 2 is 1.78 bits per heavy atom. The molecule has 0 bridgehead atoms. The molecule has 3 rings (SSSR count). The Labute approximate surface area is 189 Å². The van der Waals surface area contributed by atoms with Crippen LogP contribution in [0.5, 0.6) is 0 Å². The smallest absolute Gasteiger partial charge is 0.253 e. The van der Waals surface area contributed by atoms with Gasteiger partial charge >= 0.3 is 0 Å². The van der Waals surface area contributed by atoms with Gasteiger partial charge in [0.1, 0.15) is 0 Å². The van der Waals surface area contributed by atoms with Crippen molar-refractivity contribution >= 4 is 23.7 Å². The molecule has 1 N–H and O–H groups in total. The van der Waals surface area contributed by atoms with Crippen LogP contribution in [0.2, 0.25) is 0 Å². The lowest BCUT2D eigenvalue weighted by molar-refractivity contribution is -0.116. The van der Waals surface area contributed by atoms with Crippen molar-refractivity contribution < 1.29 is 14.4 Å². The number of nitrogens with one attached hydrogen (secondary N) is 1. The van der Waals surface area contributed by atoms with Crippen molar-refractivity contribution in [1.29, 1.82) is 0 Å². The summed E-state index contributed by atoms with van der Waals surface area (Å²) in [4.78, 5) is 41.9. The quantitative estimate of drug-likeness (QED) is 0.366. The van der Waals surface area contributed by atoms with Crippen molar-refractivity contribution in [2.45, 2.75) is 39.0 Å². The van der Waals surface area contributed by atoms with Crippen molar-refractivity contribution in [2.75, 3.05) is 19.6 Å². The maximum atomic E-state index is 12.7. The highest BCUT2D eigenvalue weighted by Gasteiger charge is 2.23. The standard InChI is InChI=1S/C26H31N3O3/c1-20(30)23-8-10-24(11-9-23)26(32)29-17-13-21(14-18-29)5-2-3-16-28-25(31)12-7-22-6-4-15-27-19-22/h4,6-12,15,19,21H,2-3,5,13-14,16-18H2,1H3,(H,28,31)/b12-7+. The fourth-order valence-electron chi connectivity index (χ4n) is 3.93. The lowest BCUT2D eigenvalue weighted by atomic mass is 9.91. The lowest BCUT2D eigenvalue weighted by Crippen LogP contribution is -2.38. The normalized spacial score (nSPS) is 14.5. The fraction of sp³-hybridized carbons (Fsp3) is 0.385. The number of nitrogens with zero attached hydrogens (tertiary/aromatic N) is 2. The van der Waals surface area contributed by atoms with E-state index in [2.05, 4.69) is 10.3 Å². The summed E-state index contributed by atoms with van der Waals surface area (Å²) in [6.07, 6.45) is 11.9. The second-order valence-corrected chi connectivity index (χ2v) is 8.28. The number of ketones is 1. The Bertz CT molecular complexity index is 931. The van der Waals surface area contributed by atoms with Gasteiger partial charge in [-0.2, -0.15) is 0 Å². The van der Waals surface area contributed by atoms with Gasteiger partial charge in [0.2, 0.25) is 5.91 Å². The number of pyridine rings is 1. The van der Waals surface area contributed by atoms with Crippen LogP contribution < -0.4 is 5.32 Å². The zero-order valence-corrected chi connectivity index (χ0v) is 18.6. The average Bonchev–Trinajstić information content (AvgIpc) is 2.83. The van der Waals surface area contributed by atoms with Crippen molar-refractivity contribution in [1.82, 2.24) is 15.2 Å². The average molecular weight is 434 g/mol. The minimum Gasteiger partial charge on any atom is -0.353 e. The molecule has 1 fully saturated rings. The van der Waals surface area contributed by atoms with Crippen LogP contribution in [0, 0.1) is 5.92 Å². The van der Waals surface area contributed by atoms with Crippen LogP contribution >= 0.6 is 0 Å². The molecule has 2 aromatic rings. The number of piperidine rings is 1. The molecule has 0 unspecified atom stereocenters. The van der Waals surface area contributed by atoms with E-state index < -0.39 is 0 Å². The summed E-state index contributed by atoms with van der Waals surface area (Å²) in [5, 5.41) is 2.92. The number of likely N-dealkylation sites (tertiary alicyclic amines) is 1. The van der Waals surface area contributed by atoms with Gasteiger partial charge in [-0.3, -0.25) is 19.4 Å². The van der Waals surface area contributed by atoms with Crippen molar-refractivity contribution in [3.8, 4) is 0 Å². The molecule has 0 radical (unpaired) electrons. The highest BCUT2D eigenvalue weighted by molar-refractivity contribution is 5.97. The molecule has 32 heavy (non-hydrogen) atoms. The minimum atomic E-state index is -0.0861. The number of aromatic nitrogens is 1. The number of rotatable bonds is 9. The number of unbranched alkanes of at least 4 members (excludes halogenated alkanes) is 1. The zero-order chi connectivity index (χ0) is 22.8. The number of hydrogen-bond donors (Lipinski definition) is 1. The Balaban J connectivity index is 1.30. The third-order valence-corrected chi connectivity index (χ3v) is 5.89. The highest BCUT2D eigenvalue weighted by atomic mass is 16.2. The molecule has 1 aliphatic heterocycles. The van der Waals surface area contributed by atoms with Gasteiger partial charge in [0.05, 0.1) is 0 Å². The molecule has 2 amide bonds. The summed E-state index contributed by atoms with van der Waals surface area (Å²) >= 11 is 0. The van der Waals surface area contributed by atoms with E-state index in [4.69, 9.17) is 0 Å². The summed E-state index contributed by atoms with van der Waals surface area (Å²) < 4.78 is 0. The van der Waals surface area contributed by atoms with E-state index in [1.807, 2.05) is 17.0 Å². The molecule has 1 saturated heterocycles. The van der Waals surface area contributed by atoms with Crippen LogP contribution in [0.25, 0.3) is 6.08 Å². The van der Waals surface area contributed by atoms with E-state index in [-0.39, 0.29) is 17.6 Å². The Morgan fingerprint density at radius 1 is 1.06 bits per heavy atom. The van der Waals surface area contributed by atoms with Gasteiger partial charge in [-0.05, 0) is 61.9 Å². The van der Waals surface area contributed by atoms with Crippen LogP contribution in [0.3, 0.4) is 0 Å². The zero-order valence-electron chi connectivity index (χ0n) is 18.6. The van der Waals surface area contributed by atoms with E-state index in [1.165, 1.54) is 13.0 Å². The largest absolute Gasteiger partial charge is 0.353 e. The van der Waals surface area contributed by atoms with Gasteiger partial charge in [-0.25, -0.2) is 0 Å². The van der Waals surface area contributed by atoms with Crippen molar-refractivity contribution in [2.24, 2.45) is 5.92 Å². The van der Waals surface area contributed by atoms with Gasteiger partial charge in [0.25, 0.3) is 5.91 Å². The summed E-state index contributed by atoms with van der Waals surface area (Å²) in [5.41, 5.74) is 2.17. The maximum absolute atomic E-state index is 12.7. The first-order valence-electron chi connectivity index (χ1n) is 11.3. The molecule has 0 atom stereocenters. The van der Waals surface area contributed by atoms with Gasteiger partial charge in [-0.15, -0.1) is 0 Å². The molecule has 6 heteroatoms. The first kappa shape index (κ1) is 23.4. The molecule has 1 aromatic heterocycles. The molecule has 1 aromatic carbocycles. The summed E-state index contributed by atoms with van der Waals surface area (Å²) in [7, 11) is 0. The Hall–Kier alpha value is -3.28. The van der Waals surface area contributed by atoms with E-state index in [9.17, 15) is 14.4 Å². The van der Waals surface area contributed by atoms with Gasteiger partial charge in [0.15, 0.2) is 5.78 Å². The predicted molar refractivity (Wildman–Crippen MR) is 125 cm³/mol. The van der Waals surface area contributed by atoms with Crippen LogP contribution in [0.1, 0.15) is 65.3 Å². The van der Waals surface area contributed by atoms with Gasteiger partial charge < -0.3 is 10.2 Å². The lowest BCUT2D eigenvalue weighted by Gasteiger charge is -2.32. The summed E-state index contributed by atoms with van der Waals surface area (Å²) in [6, 6.07) is 10.7. The molecule has 1 aliphatic rings. The number of hydrogen-bond acceptors (Lipinski definition) is 4. The molecule has 0 spiro atoms. The number of carbonyl (C=O) groups excluding carboxylic acids is 3. The van der Waals surface area contributed by atoms with E-state index in [0.29, 0.717) is 23.6 Å². The highest BCUT2D eigenvalue weighted by Crippen LogP contribution is 2.23. The summed E-state index contributed by atoms with van der Waals surface area (Å²) in [5.74, 6) is 0.587. The van der Waals surface area contributed by atoms with Crippen LogP contribution in [0.4, 0.5) is 0 Å². The predicted octanol–water partition coefficient (Wildman–Crippen LogP) is 4.14. The number of carbonyl (C=O) groups is 3. The SMILES string of the molecule is CC(=O)c1ccc(C(=O)N2CCC(CCCCNC(=O)/C=C/c3cccnc3)CC2)cc1. The Kier molecular flexibility index (Phi) is 8.72. The molecular weight excluding hydrogens is 402 g/mol. The first-order valence-corrected chi connectivity index (χ1v) is 11.3. The van der Waals surface area contributed by atoms with Gasteiger partial charge in [-0.1, -0.05) is 31.0 Å². The van der Waals surface area contributed by atoms with Crippen LogP contribution in [-0.2, 0) is 4.79 Å².